The summed E-state index contributed by atoms with van der Waals surface area (Å²) >= 11 is 1.88. The summed E-state index contributed by atoms with van der Waals surface area (Å²) in [6.07, 6.45) is 10.1. The third-order valence-electron chi connectivity index (χ3n) is 4.74. The van der Waals surface area contributed by atoms with E-state index in [1.165, 1.54) is 19.3 Å². The van der Waals surface area contributed by atoms with Gasteiger partial charge in [-0.1, -0.05) is 6.42 Å². The van der Waals surface area contributed by atoms with Crippen LogP contribution in [-0.4, -0.2) is 45.9 Å². The van der Waals surface area contributed by atoms with Crippen LogP contribution in [-0.2, 0) is 16.1 Å². The third kappa shape index (κ3) is 3.26. The smallest absolute Gasteiger partial charge is 0.249 e. The molecule has 1 saturated heterocycles. The van der Waals surface area contributed by atoms with Gasteiger partial charge in [0.2, 0.25) is 5.91 Å². The molecule has 2 heterocycles. The van der Waals surface area contributed by atoms with Gasteiger partial charge in [-0.25, -0.2) is 0 Å². The zero-order chi connectivity index (χ0) is 14.7. The van der Waals surface area contributed by atoms with Gasteiger partial charge in [0.15, 0.2) is 0 Å². The molecular weight excluding hydrogens is 286 g/mol. The van der Waals surface area contributed by atoms with Crippen LogP contribution in [0, 0.1) is 5.92 Å². The number of carbonyl (C=O) groups excluding carboxylic acids is 1. The Morgan fingerprint density at radius 1 is 1.57 bits per heavy atom. The predicted octanol–water partition coefficient (Wildman–Crippen LogP) is 1.69. The van der Waals surface area contributed by atoms with Crippen molar-refractivity contribution in [2.24, 2.45) is 5.92 Å². The second-order valence-corrected chi connectivity index (χ2v) is 7.30. The van der Waals surface area contributed by atoms with Crippen molar-refractivity contribution in [1.29, 1.82) is 0 Å². The molecule has 0 unspecified atom stereocenters. The average molecular weight is 309 g/mol. The van der Waals surface area contributed by atoms with Gasteiger partial charge in [0.05, 0.1) is 0 Å². The maximum Gasteiger partial charge on any atom is 0.249 e. The van der Waals surface area contributed by atoms with Crippen molar-refractivity contribution in [2.75, 3.05) is 19.4 Å². The number of aromatic nitrogens is 2. The lowest BCUT2D eigenvalue weighted by Crippen LogP contribution is -2.48. The van der Waals surface area contributed by atoms with Crippen LogP contribution in [0.2, 0.25) is 0 Å². The Balaban J connectivity index is 1.53. The molecule has 1 N–H and O–H groups in total. The van der Waals surface area contributed by atoms with E-state index in [9.17, 15) is 4.79 Å². The first-order valence-corrected chi connectivity index (χ1v) is 8.87. The van der Waals surface area contributed by atoms with E-state index in [0.717, 1.165) is 19.5 Å². The molecule has 6 heteroatoms. The molecule has 0 radical (unpaired) electrons. The second kappa shape index (κ2) is 6.40. The van der Waals surface area contributed by atoms with Crippen LogP contribution in [0.25, 0.3) is 0 Å². The highest BCUT2D eigenvalue weighted by Crippen LogP contribution is 2.42. The summed E-state index contributed by atoms with van der Waals surface area (Å²) in [7, 11) is 0. The summed E-state index contributed by atoms with van der Waals surface area (Å²) in [6, 6.07) is 1.91. The first kappa shape index (κ1) is 14.9. The molecule has 21 heavy (non-hydrogen) atoms. The van der Waals surface area contributed by atoms with Crippen molar-refractivity contribution < 1.29 is 9.53 Å². The molecule has 2 aliphatic rings. The van der Waals surface area contributed by atoms with Crippen molar-refractivity contribution in [1.82, 2.24) is 15.1 Å². The summed E-state index contributed by atoms with van der Waals surface area (Å²) in [5, 5.41) is 7.33. The van der Waals surface area contributed by atoms with Gasteiger partial charge in [0.1, 0.15) is 6.10 Å². The number of nitrogens with one attached hydrogen (secondary N) is 1. The Morgan fingerprint density at radius 2 is 2.43 bits per heavy atom. The number of nitrogens with zero attached hydrogens (tertiary/aromatic N) is 2. The molecule has 0 spiro atoms. The molecule has 1 amide bonds. The molecule has 2 fully saturated rings. The van der Waals surface area contributed by atoms with Crippen molar-refractivity contribution in [3.8, 4) is 0 Å². The highest BCUT2D eigenvalue weighted by Gasteiger charge is 2.39. The van der Waals surface area contributed by atoms with Gasteiger partial charge in [-0.2, -0.15) is 16.9 Å². The van der Waals surface area contributed by atoms with E-state index in [1.54, 1.807) is 6.20 Å². The maximum atomic E-state index is 12.4. The second-order valence-electron chi connectivity index (χ2n) is 6.03. The van der Waals surface area contributed by atoms with E-state index >= 15 is 0 Å². The zero-order valence-electron chi connectivity index (χ0n) is 12.5. The lowest BCUT2D eigenvalue weighted by atomic mass is 9.84. The summed E-state index contributed by atoms with van der Waals surface area (Å²) in [6.45, 7) is 2.18. The van der Waals surface area contributed by atoms with Crippen LogP contribution in [0.4, 0.5) is 0 Å². The molecule has 1 aliphatic heterocycles. The molecular formula is C15H23N3O2S. The van der Waals surface area contributed by atoms with Crippen LogP contribution in [0.3, 0.4) is 0 Å². The lowest BCUT2D eigenvalue weighted by molar-refractivity contribution is -0.132. The molecule has 116 valence electrons. The predicted molar refractivity (Wildman–Crippen MR) is 83.2 cm³/mol. The quantitative estimate of drug-likeness (QED) is 0.869. The number of carbonyl (C=O) groups is 1. The van der Waals surface area contributed by atoms with E-state index in [4.69, 9.17) is 4.74 Å². The first-order chi connectivity index (χ1) is 10.2. The first-order valence-electron chi connectivity index (χ1n) is 7.64. The fourth-order valence-corrected chi connectivity index (χ4v) is 4.05. The Kier molecular flexibility index (Phi) is 4.54. The molecule has 1 aliphatic carbocycles. The Bertz CT molecular complexity index is 468. The van der Waals surface area contributed by atoms with E-state index in [1.807, 2.05) is 28.7 Å². The van der Waals surface area contributed by atoms with Gasteiger partial charge in [0, 0.05) is 42.8 Å². The third-order valence-corrected chi connectivity index (χ3v) is 6.15. The largest absolute Gasteiger partial charge is 0.368 e. The minimum atomic E-state index is -0.326. The van der Waals surface area contributed by atoms with Crippen LogP contribution in [0.1, 0.15) is 25.7 Å². The van der Waals surface area contributed by atoms with Gasteiger partial charge >= 0.3 is 0 Å². The van der Waals surface area contributed by atoms with Gasteiger partial charge in [-0.15, -0.1) is 0 Å². The zero-order valence-corrected chi connectivity index (χ0v) is 13.3. The van der Waals surface area contributed by atoms with Crippen molar-refractivity contribution in [3.63, 3.8) is 0 Å². The van der Waals surface area contributed by atoms with Gasteiger partial charge in [0.25, 0.3) is 0 Å². The summed E-state index contributed by atoms with van der Waals surface area (Å²) in [5.41, 5.74) is 0. The highest BCUT2D eigenvalue weighted by atomic mass is 32.2. The molecule has 1 aromatic heterocycles. The number of amides is 1. The van der Waals surface area contributed by atoms with Crippen molar-refractivity contribution in [3.05, 3.63) is 18.5 Å². The Morgan fingerprint density at radius 3 is 3.05 bits per heavy atom. The molecule has 0 bridgehead atoms. The number of hydrogen-bond donors (Lipinski definition) is 1. The Hall–Kier alpha value is -1.01. The molecule has 3 rings (SSSR count). The fraction of sp³-hybridized carbons (Fsp3) is 0.733. The van der Waals surface area contributed by atoms with E-state index in [0.29, 0.717) is 6.61 Å². The minimum Gasteiger partial charge on any atom is -0.368 e. The van der Waals surface area contributed by atoms with E-state index in [-0.39, 0.29) is 22.7 Å². The highest BCUT2D eigenvalue weighted by molar-refractivity contribution is 8.00. The SMILES string of the molecule is CSC1(CNC(=O)[C@@H]2OCC[C@@H]2Cn2cccn2)CCC1. The molecule has 2 atom stereocenters. The van der Waals surface area contributed by atoms with E-state index < -0.39 is 0 Å². The normalized spacial score (nSPS) is 27.3. The maximum absolute atomic E-state index is 12.4. The summed E-state index contributed by atoms with van der Waals surface area (Å²) in [4.78, 5) is 12.4. The fourth-order valence-electron chi connectivity index (χ4n) is 3.13. The molecule has 5 nitrogen and oxygen atoms in total. The van der Waals surface area contributed by atoms with Crippen molar-refractivity contribution >= 4 is 17.7 Å². The van der Waals surface area contributed by atoms with Gasteiger partial charge in [-0.3, -0.25) is 9.48 Å². The molecule has 0 aromatic carbocycles. The number of hydrogen-bond acceptors (Lipinski definition) is 4. The Labute approximate surface area is 129 Å². The summed E-state index contributed by atoms with van der Waals surface area (Å²) in [5.74, 6) is 0.265. The monoisotopic (exact) mass is 309 g/mol. The van der Waals surface area contributed by atoms with Crippen LogP contribution >= 0.6 is 11.8 Å². The summed E-state index contributed by atoms with van der Waals surface area (Å²) < 4.78 is 7.82. The standard InChI is InChI=1S/C15H23N3O2S/c1-21-15(5-2-6-15)11-16-14(19)13-12(4-9-20-13)10-18-8-3-7-17-18/h3,7-8,12-13H,2,4-6,9-11H2,1H3,(H,16,19)/t12-,13-/m1/s1. The number of rotatable bonds is 6. The van der Waals surface area contributed by atoms with Crippen LogP contribution in [0.15, 0.2) is 18.5 Å². The van der Waals surface area contributed by atoms with Crippen LogP contribution < -0.4 is 5.32 Å². The van der Waals surface area contributed by atoms with E-state index in [2.05, 4.69) is 16.7 Å². The van der Waals surface area contributed by atoms with Crippen molar-refractivity contribution in [2.45, 2.75) is 43.1 Å². The average Bonchev–Trinajstić information content (AvgIpc) is 3.10. The minimum absolute atomic E-state index is 0.0463. The van der Waals surface area contributed by atoms with Gasteiger partial charge < -0.3 is 10.1 Å². The number of thioether (sulfide) groups is 1. The topological polar surface area (TPSA) is 56.1 Å². The molecule has 1 aromatic rings. The lowest BCUT2D eigenvalue weighted by Gasteiger charge is -2.40. The van der Waals surface area contributed by atoms with Gasteiger partial charge in [-0.05, 0) is 31.6 Å². The molecule has 1 saturated carbocycles. The van der Waals surface area contributed by atoms with Crippen LogP contribution in [0.5, 0.6) is 0 Å². The number of ether oxygens (including phenoxy) is 1.